The Morgan fingerprint density at radius 1 is 1.10 bits per heavy atom. The summed E-state index contributed by atoms with van der Waals surface area (Å²) in [6.07, 6.45) is 0. The van der Waals surface area contributed by atoms with Crippen molar-refractivity contribution in [3.8, 4) is 22.9 Å². The molecule has 5 heteroatoms. The molecule has 3 aromatic rings. The number of phenolic OH excluding ortho intramolecular Hbond substituents is 2. The number of hydrogen-bond donors (Lipinski definition) is 2. The van der Waals surface area contributed by atoms with Crippen molar-refractivity contribution in [2.75, 3.05) is 0 Å². The Hall–Kier alpha value is -2.20. The fourth-order valence-electron chi connectivity index (χ4n) is 2.49. The molecule has 0 amide bonds. The van der Waals surface area contributed by atoms with Crippen molar-refractivity contribution in [1.82, 2.24) is 9.55 Å². The Labute approximate surface area is 127 Å². The third kappa shape index (κ3) is 2.32. The van der Waals surface area contributed by atoms with E-state index in [2.05, 4.69) is 4.98 Å². The number of hydrogen-bond acceptors (Lipinski definition) is 3. The van der Waals surface area contributed by atoms with Crippen molar-refractivity contribution in [2.24, 2.45) is 0 Å². The van der Waals surface area contributed by atoms with E-state index in [-0.39, 0.29) is 17.5 Å². The lowest BCUT2D eigenvalue weighted by Crippen LogP contribution is -2.03. The zero-order chi connectivity index (χ0) is 15.1. The van der Waals surface area contributed by atoms with Crippen LogP contribution in [0.4, 0.5) is 0 Å². The number of imidazole rings is 1. The molecule has 0 aliphatic carbocycles. The molecule has 3 rings (SSSR count). The van der Waals surface area contributed by atoms with Crippen LogP contribution in [-0.2, 0) is 0 Å². The van der Waals surface area contributed by atoms with Crippen LogP contribution in [0.5, 0.6) is 11.5 Å². The zero-order valence-electron chi connectivity index (χ0n) is 11.7. The van der Waals surface area contributed by atoms with E-state index in [0.717, 1.165) is 11.0 Å². The number of phenols is 2. The van der Waals surface area contributed by atoms with Gasteiger partial charge in [-0.15, -0.1) is 0 Å². The Morgan fingerprint density at radius 2 is 1.86 bits per heavy atom. The molecule has 0 aliphatic heterocycles. The second kappa shape index (κ2) is 4.97. The van der Waals surface area contributed by atoms with Gasteiger partial charge < -0.3 is 14.8 Å². The molecular formula is C16H15ClN2O2. The molecule has 0 fully saturated rings. The first-order chi connectivity index (χ1) is 9.97. The summed E-state index contributed by atoms with van der Waals surface area (Å²) in [4.78, 5) is 4.60. The molecule has 4 nitrogen and oxygen atoms in total. The maximum absolute atomic E-state index is 10.1. The van der Waals surface area contributed by atoms with Gasteiger partial charge in [0.2, 0.25) is 0 Å². The fraction of sp³-hybridized carbons (Fsp3) is 0.188. The summed E-state index contributed by atoms with van der Waals surface area (Å²) in [7, 11) is 0. The summed E-state index contributed by atoms with van der Waals surface area (Å²) in [6.45, 7) is 4.09. The van der Waals surface area contributed by atoms with Crippen LogP contribution in [0.25, 0.3) is 22.4 Å². The average molecular weight is 303 g/mol. The third-order valence-electron chi connectivity index (χ3n) is 3.39. The van der Waals surface area contributed by atoms with Crippen molar-refractivity contribution in [1.29, 1.82) is 0 Å². The van der Waals surface area contributed by atoms with Crippen molar-refractivity contribution >= 4 is 22.6 Å². The summed E-state index contributed by atoms with van der Waals surface area (Å²) in [6, 6.07) is 10.2. The van der Waals surface area contributed by atoms with E-state index in [4.69, 9.17) is 11.6 Å². The minimum Gasteiger partial charge on any atom is -0.508 e. The van der Waals surface area contributed by atoms with Gasteiger partial charge in [0.05, 0.1) is 16.6 Å². The average Bonchev–Trinajstić information content (AvgIpc) is 2.76. The summed E-state index contributed by atoms with van der Waals surface area (Å²) < 4.78 is 2.02. The minimum absolute atomic E-state index is 0.00157. The van der Waals surface area contributed by atoms with Crippen molar-refractivity contribution in [3.05, 3.63) is 41.4 Å². The summed E-state index contributed by atoms with van der Waals surface area (Å²) in [5, 5.41) is 20.2. The summed E-state index contributed by atoms with van der Waals surface area (Å²) >= 11 is 6.08. The largest absolute Gasteiger partial charge is 0.508 e. The lowest BCUT2D eigenvalue weighted by atomic mass is 10.1. The van der Waals surface area contributed by atoms with E-state index in [0.29, 0.717) is 16.4 Å². The molecule has 0 atom stereocenters. The Bertz CT molecular complexity index is 825. The first-order valence-electron chi connectivity index (χ1n) is 6.67. The zero-order valence-corrected chi connectivity index (χ0v) is 12.5. The molecule has 0 spiro atoms. The van der Waals surface area contributed by atoms with Crippen LogP contribution in [0.15, 0.2) is 36.4 Å². The lowest BCUT2D eigenvalue weighted by Gasteiger charge is -2.14. The number of aromatic nitrogens is 2. The maximum Gasteiger partial charge on any atom is 0.145 e. The van der Waals surface area contributed by atoms with Crippen LogP contribution in [0, 0.1) is 0 Å². The SMILES string of the molecule is CC(C)n1c(-c2ccc(O)cc2O)nc2ccc(Cl)cc21. The smallest absolute Gasteiger partial charge is 0.145 e. The summed E-state index contributed by atoms with van der Waals surface area (Å²) in [5.74, 6) is 0.671. The molecule has 108 valence electrons. The molecule has 0 radical (unpaired) electrons. The molecular weight excluding hydrogens is 288 g/mol. The van der Waals surface area contributed by atoms with E-state index in [1.165, 1.54) is 12.1 Å². The summed E-state index contributed by atoms with van der Waals surface area (Å²) in [5.41, 5.74) is 2.31. The molecule has 21 heavy (non-hydrogen) atoms. The van der Waals surface area contributed by atoms with Gasteiger partial charge in [0.25, 0.3) is 0 Å². The van der Waals surface area contributed by atoms with Crippen molar-refractivity contribution in [3.63, 3.8) is 0 Å². The minimum atomic E-state index is -0.00157. The molecule has 0 saturated carbocycles. The molecule has 2 aromatic carbocycles. The molecule has 0 bridgehead atoms. The maximum atomic E-state index is 10.1. The fourth-order valence-corrected chi connectivity index (χ4v) is 2.65. The van der Waals surface area contributed by atoms with Gasteiger partial charge in [-0.05, 0) is 44.2 Å². The van der Waals surface area contributed by atoms with Gasteiger partial charge in [0, 0.05) is 17.1 Å². The van der Waals surface area contributed by atoms with Crippen LogP contribution in [-0.4, -0.2) is 19.8 Å². The van der Waals surface area contributed by atoms with Gasteiger partial charge in [0.1, 0.15) is 17.3 Å². The predicted octanol–water partition coefficient (Wildman–Crippen LogP) is 4.35. The molecule has 1 heterocycles. The normalized spacial score (nSPS) is 11.4. The van der Waals surface area contributed by atoms with E-state index >= 15 is 0 Å². The monoisotopic (exact) mass is 302 g/mol. The third-order valence-corrected chi connectivity index (χ3v) is 3.63. The highest BCUT2D eigenvalue weighted by Crippen LogP contribution is 2.35. The molecule has 0 aliphatic rings. The van der Waals surface area contributed by atoms with E-state index in [1.54, 1.807) is 12.1 Å². The molecule has 1 aromatic heterocycles. The standard InChI is InChI=1S/C16H15ClN2O2/c1-9(2)19-14-7-10(17)3-6-13(14)18-16(19)12-5-4-11(20)8-15(12)21/h3-9,20-21H,1-2H3. The van der Waals surface area contributed by atoms with Gasteiger partial charge in [-0.25, -0.2) is 4.98 Å². The van der Waals surface area contributed by atoms with Gasteiger partial charge in [-0.3, -0.25) is 0 Å². The van der Waals surface area contributed by atoms with Crippen molar-refractivity contribution < 1.29 is 10.2 Å². The number of rotatable bonds is 2. The molecule has 0 unspecified atom stereocenters. The topological polar surface area (TPSA) is 58.3 Å². The number of aromatic hydroxyl groups is 2. The Kier molecular flexibility index (Phi) is 3.26. The van der Waals surface area contributed by atoms with E-state index in [9.17, 15) is 10.2 Å². The predicted molar refractivity (Wildman–Crippen MR) is 83.9 cm³/mol. The van der Waals surface area contributed by atoms with Gasteiger partial charge in [0.15, 0.2) is 0 Å². The molecule has 0 saturated heterocycles. The highest BCUT2D eigenvalue weighted by atomic mass is 35.5. The second-order valence-electron chi connectivity index (χ2n) is 5.23. The number of halogens is 1. The van der Waals surface area contributed by atoms with Crippen LogP contribution in [0.1, 0.15) is 19.9 Å². The first kappa shape index (κ1) is 13.8. The van der Waals surface area contributed by atoms with E-state index in [1.807, 2.05) is 30.5 Å². The Morgan fingerprint density at radius 3 is 2.52 bits per heavy atom. The number of benzene rings is 2. The highest BCUT2D eigenvalue weighted by Gasteiger charge is 2.18. The van der Waals surface area contributed by atoms with Crippen LogP contribution in [0.3, 0.4) is 0 Å². The second-order valence-corrected chi connectivity index (χ2v) is 5.67. The number of fused-ring (bicyclic) bond motifs is 1. The van der Waals surface area contributed by atoms with Gasteiger partial charge in [-0.1, -0.05) is 11.6 Å². The number of nitrogens with zero attached hydrogens (tertiary/aromatic N) is 2. The first-order valence-corrected chi connectivity index (χ1v) is 7.05. The lowest BCUT2D eigenvalue weighted by molar-refractivity contribution is 0.451. The highest BCUT2D eigenvalue weighted by molar-refractivity contribution is 6.31. The van der Waals surface area contributed by atoms with Crippen LogP contribution in [0.2, 0.25) is 5.02 Å². The van der Waals surface area contributed by atoms with Gasteiger partial charge in [-0.2, -0.15) is 0 Å². The van der Waals surface area contributed by atoms with Gasteiger partial charge >= 0.3 is 0 Å². The Balaban J connectivity index is 2.34. The van der Waals surface area contributed by atoms with E-state index < -0.39 is 0 Å². The van der Waals surface area contributed by atoms with Crippen LogP contribution >= 0.6 is 11.6 Å². The molecule has 2 N–H and O–H groups in total. The van der Waals surface area contributed by atoms with Crippen LogP contribution < -0.4 is 0 Å². The quantitative estimate of drug-likeness (QED) is 0.740. The van der Waals surface area contributed by atoms with Crippen molar-refractivity contribution in [2.45, 2.75) is 19.9 Å².